The second-order valence-corrected chi connectivity index (χ2v) is 20.7. The Balaban J connectivity index is 1.35. The first-order valence-electron chi connectivity index (χ1n) is 24.4. The fourth-order valence-electron chi connectivity index (χ4n) is 11.5. The average molecular weight is 893 g/mol. The van der Waals surface area contributed by atoms with E-state index in [0.29, 0.717) is 64.2 Å². The van der Waals surface area contributed by atoms with E-state index in [9.17, 15) is 29.7 Å². The highest BCUT2D eigenvalue weighted by molar-refractivity contribution is 5.84. The number of nitrogens with zero attached hydrogens (tertiary/aromatic N) is 1. The Morgan fingerprint density at radius 3 is 2.22 bits per heavy atom. The van der Waals surface area contributed by atoms with Crippen LogP contribution in [0, 0.1) is 41.4 Å². The first kappa shape index (κ1) is 51.8. The van der Waals surface area contributed by atoms with Gasteiger partial charge in [-0.25, -0.2) is 4.79 Å². The second kappa shape index (κ2) is 21.6. The Labute approximate surface area is 377 Å². The first-order chi connectivity index (χ1) is 29.6. The van der Waals surface area contributed by atoms with Gasteiger partial charge in [0.05, 0.1) is 72.5 Å². The Kier molecular flexibility index (Phi) is 17.8. The molecule has 5 aliphatic heterocycles. The van der Waals surface area contributed by atoms with Gasteiger partial charge in [0.15, 0.2) is 5.79 Å². The van der Waals surface area contributed by atoms with Crippen LogP contribution in [0.4, 0.5) is 4.79 Å². The Hall–Kier alpha value is -2.17. The molecule has 5 aliphatic rings. The standard InChI is InChI=1S/C49H84N2O12/c1-13-34(45(54)55)37-18-17-28(4)42(60-37)32(8)40(52)31(7)41(53)35(14-2)43-29(5)27-30(6)49(62-43)24-19-36(50-46(56)58-26-16-25-51(11)12)44(63-49)38-20-22-47(10,61-38)39-21-23-48(57,15-3)33(9)59-39/h19,24,28-40,42-44,52,57H,13-18,20-23,25-27H2,1-12H3,(H,50,56)(H,54,55)/t28-,29-,30+,31-,32-,33-,34+,35-,36+,37+,38?,39+,40+,42+,43-,44?,47-,48+,49-/m0/s1. The number of Topliss-reactive ketones (excluding diaryl/α,β-unsaturated/α-hetero) is 1. The molecule has 0 aromatic rings. The number of alkyl carbamates (subject to hydrolysis) is 1. The van der Waals surface area contributed by atoms with Gasteiger partial charge in [0.1, 0.15) is 11.9 Å². The van der Waals surface area contributed by atoms with Gasteiger partial charge in [-0.1, -0.05) is 61.5 Å². The van der Waals surface area contributed by atoms with Crippen molar-refractivity contribution in [2.75, 3.05) is 27.2 Å². The number of hydrogen-bond acceptors (Lipinski definition) is 12. The maximum atomic E-state index is 14.7. The number of ether oxygens (including phenoxy) is 6. The van der Waals surface area contributed by atoms with Crippen LogP contribution in [0.2, 0.25) is 0 Å². The van der Waals surface area contributed by atoms with Gasteiger partial charge in [-0.15, -0.1) is 0 Å². The minimum atomic E-state index is -1.23. The van der Waals surface area contributed by atoms with E-state index in [1.54, 1.807) is 6.92 Å². The van der Waals surface area contributed by atoms with Crippen molar-refractivity contribution >= 4 is 17.8 Å². The molecular formula is C49H84N2O12. The van der Waals surface area contributed by atoms with E-state index in [1.165, 1.54) is 0 Å². The van der Waals surface area contributed by atoms with Crippen molar-refractivity contribution < 1.29 is 58.1 Å². The van der Waals surface area contributed by atoms with Gasteiger partial charge in [-0.05, 0) is 116 Å². The molecular weight excluding hydrogens is 809 g/mol. The molecule has 362 valence electrons. The smallest absolute Gasteiger partial charge is 0.407 e. The maximum Gasteiger partial charge on any atom is 0.407 e. The fraction of sp³-hybridized carbons (Fsp3) is 0.898. The third-order valence-electron chi connectivity index (χ3n) is 16.0. The molecule has 5 rings (SSSR count). The van der Waals surface area contributed by atoms with Crippen molar-refractivity contribution in [2.24, 2.45) is 41.4 Å². The van der Waals surface area contributed by atoms with E-state index in [0.717, 1.165) is 13.0 Å². The normalized spacial score (nSPS) is 40.8. The van der Waals surface area contributed by atoms with Crippen molar-refractivity contribution in [3.05, 3.63) is 12.2 Å². The summed E-state index contributed by atoms with van der Waals surface area (Å²) in [4.78, 5) is 42.0. The zero-order valence-electron chi connectivity index (χ0n) is 40.5. The minimum absolute atomic E-state index is 0.00702. The Bertz CT molecular complexity index is 1560. The lowest BCUT2D eigenvalue weighted by Gasteiger charge is -2.52. The number of aliphatic hydroxyl groups excluding tert-OH is 1. The number of carbonyl (C=O) groups excluding carboxylic acids is 2. The Morgan fingerprint density at radius 2 is 1.60 bits per heavy atom. The molecule has 63 heavy (non-hydrogen) atoms. The molecule has 0 bridgehead atoms. The zero-order chi connectivity index (χ0) is 46.6. The van der Waals surface area contributed by atoms with Gasteiger partial charge in [-0.2, -0.15) is 0 Å². The highest BCUT2D eigenvalue weighted by atomic mass is 16.7. The van der Waals surface area contributed by atoms with Crippen LogP contribution in [0.15, 0.2) is 12.2 Å². The molecule has 0 saturated carbocycles. The predicted molar refractivity (Wildman–Crippen MR) is 239 cm³/mol. The molecule has 0 radical (unpaired) electrons. The maximum absolute atomic E-state index is 14.7. The van der Waals surface area contributed by atoms with Crippen molar-refractivity contribution in [1.82, 2.24) is 10.2 Å². The van der Waals surface area contributed by atoms with Gasteiger partial charge in [0.2, 0.25) is 0 Å². The topological polar surface area (TPSA) is 183 Å². The number of carboxylic acid groups (broad SMARTS) is 1. The molecule has 14 heteroatoms. The largest absolute Gasteiger partial charge is 0.481 e. The zero-order valence-corrected chi connectivity index (χ0v) is 40.5. The van der Waals surface area contributed by atoms with E-state index in [4.69, 9.17) is 28.4 Å². The Morgan fingerprint density at radius 1 is 0.905 bits per heavy atom. The summed E-state index contributed by atoms with van der Waals surface area (Å²) in [5.74, 6) is -4.53. The molecule has 0 aliphatic carbocycles. The molecule has 5 heterocycles. The van der Waals surface area contributed by atoms with Gasteiger partial charge < -0.3 is 54.0 Å². The van der Waals surface area contributed by atoms with Crippen LogP contribution in [0.1, 0.15) is 140 Å². The SMILES string of the molecule is CC[C@@H](C(=O)[C@@H](C)[C@@H](O)[C@H](C)[C@@H]1O[C@@H]([C@@H](CC)C(=O)O)CC[C@@H]1C)[C@H]1O[C@]2(C=C[C@@H](NC(=O)OCCCN(C)C)C(C3CC[C@@](C)([C@H]4CC[C@](O)(CC)[C@H](C)O4)O3)O2)[C@H](C)C[C@@H]1C. The van der Waals surface area contributed by atoms with Gasteiger partial charge in [0, 0.05) is 30.2 Å². The van der Waals surface area contributed by atoms with Crippen LogP contribution in [-0.2, 0) is 38.0 Å². The van der Waals surface area contributed by atoms with E-state index in [2.05, 4.69) is 33.0 Å². The molecule has 14 nitrogen and oxygen atoms in total. The van der Waals surface area contributed by atoms with Crippen molar-refractivity contribution in [1.29, 1.82) is 0 Å². The van der Waals surface area contributed by atoms with Gasteiger partial charge in [0.25, 0.3) is 0 Å². The summed E-state index contributed by atoms with van der Waals surface area (Å²) < 4.78 is 39.8. The minimum Gasteiger partial charge on any atom is -0.481 e. The summed E-state index contributed by atoms with van der Waals surface area (Å²) in [6.45, 7) is 20.8. The van der Waals surface area contributed by atoms with Crippen molar-refractivity contribution in [2.45, 2.75) is 212 Å². The van der Waals surface area contributed by atoms with Crippen LogP contribution in [-0.4, -0.2) is 137 Å². The number of aliphatic carboxylic acids is 1. The number of carbonyl (C=O) groups is 3. The first-order valence-corrected chi connectivity index (χ1v) is 24.4. The second-order valence-electron chi connectivity index (χ2n) is 20.7. The fourth-order valence-corrected chi connectivity index (χ4v) is 11.5. The highest BCUT2D eigenvalue weighted by Crippen LogP contribution is 2.49. The third kappa shape index (κ3) is 11.5. The van der Waals surface area contributed by atoms with E-state index in [-0.39, 0.29) is 42.4 Å². The van der Waals surface area contributed by atoms with Gasteiger partial charge >= 0.3 is 12.1 Å². The molecule has 1 amide bonds. The van der Waals surface area contributed by atoms with E-state index < -0.39 is 95.4 Å². The van der Waals surface area contributed by atoms with E-state index in [1.807, 2.05) is 65.8 Å². The number of hydrogen-bond donors (Lipinski definition) is 4. The summed E-state index contributed by atoms with van der Waals surface area (Å²) in [6.07, 6.45) is 6.23. The van der Waals surface area contributed by atoms with E-state index >= 15 is 0 Å². The summed E-state index contributed by atoms with van der Waals surface area (Å²) in [7, 11) is 3.95. The predicted octanol–water partition coefficient (Wildman–Crippen LogP) is 6.91. The number of amides is 1. The number of ketones is 1. The number of carboxylic acids is 1. The average Bonchev–Trinajstić information content (AvgIpc) is 3.65. The molecule has 0 aromatic carbocycles. The molecule has 4 fully saturated rings. The summed E-state index contributed by atoms with van der Waals surface area (Å²) >= 11 is 0. The number of aliphatic hydroxyl groups is 2. The summed E-state index contributed by atoms with van der Waals surface area (Å²) in [6, 6.07) is -0.596. The van der Waals surface area contributed by atoms with Crippen molar-refractivity contribution in [3.63, 3.8) is 0 Å². The lowest BCUT2D eigenvalue weighted by molar-refractivity contribution is -0.327. The monoisotopic (exact) mass is 893 g/mol. The van der Waals surface area contributed by atoms with Crippen LogP contribution >= 0.6 is 0 Å². The molecule has 0 aromatic heterocycles. The summed E-state index contributed by atoms with van der Waals surface area (Å²) in [5, 5.41) is 35.9. The van der Waals surface area contributed by atoms with Crippen LogP contribution < -0.4 is 5.32 Å². The van der Waals surface area contributed by atoms with Crippen molar-refractivity contribution in [3.8, 4) is 0 Å². The lowest BCUT2D eigenvalue weighted by atomic mass is 9.72. The molecule has 2 unspecified atom stereocenters. The van der Waals surface area contributed by atoms with Gasteiger partial charge in [-0.3, -0.25) is 9.59 Å². The number of rotatable bonds is 18. The van der Waals surface area contributed by atoms with Crippen LogP contribution in [0.3, 0.4) is 0 Å². The number of nitrogens with one attached hydrogen (secondary N) is 1. The third-order valence-corrected chi connectivity index (χ3v) is 16.0. The lowest BCUT2D eigenvalue weighted by Crippen LogP contribution is -2.62. The molecule has 19 atom stereocenters. The highest BCUT2D eigenvalue weighted by Gasteiger charge is 2.57. The van der Waals surface area contributed by atoms with Crippen LogP contribution in [0.25, 0.3) is 0 Å². The molecule has 4 saturated heterocycles. The van der Waals surface area contributed by atoms with Crippen LogP contribution in [0.5, 0.6) is 0 Å². The quantitative estimate of drug-likeness (QED) is 0.0824. The molecule has 1 spiro atoms. The summed E-state index contributed by atoms with van der Waals surface area (Å²) in [5.41, 5.74) is -1.53. The molecule has 4 N–H and O–H groups in total.